The van der Waals surface area contributed by atoms with E-state index in [0.717, 1.165) is 12.1 Å². The van der Waals surface area contributed by atoms with Crippen molar-refractivity contribution in [3.63, 3.8) is 0 Å². The number of alkyl halides is 3. The van der Waals surface area contributed by atoms with Crippen molar-refractivity contribution in [2.75, 3.05) is 11.9 Å². The molecule has 1 aromatic heterocycles. The number of carbonyl (C=O) groups excluding carboxylic acids is 2. The summed E-state index contributed by atoms with van der Waals surface area (Å²) in [6, 6.07) is 16.2. The van der Waals surface area contributed by atoms with Crippen LogP contribution in [-0.4, -0.2) is 23.3 Å². The molecule has 3 aromatic rings. The standard InChI is InChI=1S/C21H17F3N2O3/c22-21(23,24)17-10-4-5-11-18(17)25-19(27)14-26(13-16-9-6-12-29-16)20(28)15-7-2-1-3-8-15/h1-12H,13-14H2,(H,25,27). The highest BCUT2D eigenvalue weighted by Gasteiger charge is 2.33. The van der Waals surface area contributed by atoms with Crippen molar-refractivity contribution in [1.82, 2.24) is 4.90 Å². The zero-order valence-electron chi connectivity index (χ0n) is 15.1. The van der Waals surface area contributed by atoms with Crippen LogP contribution < -0.4 is 5.32 Å². The summed E-state index contributed by atoms with van der Waals surface area (Å²) in [4.78, 5) is 26.5. The molecular formula is C21H17F3N2O3. The van der Waals surface area contributed by atoms with Gasteiger partial charge in [-0.3, -0.25) is 9.59 Å². The lowest BCUT2D eigenvalue weighted by Crippen LogP contribution is -2.37. The topological polar surface area (TPSA) is 62.6 Å². The molecule has 5 nitrogen and oxygen atoms in total. The molecule has 1 heterocycles. The van der Waals surface area contributed by atoms with Gasteiger partial charge in [0.2, 0.25) is 5.91 Å². The lowest BCUT2D eigenvalue weighted by molar-refractivity contribution is -0.137. The lowest BCUT2D eigenvalue weighted by Gasteiger charge is -2.22. The highest BCUT2D eigenvalue weighted by Crippen LogP contribution is 2.34. The van der Waals surface area contributed by atoms with Gasteiger partial charge in [-0.05, 0) is 36.4 Å². The molecule has 0 saturated carbocycles. The fourth-order valence-electron chi connectivity index (χ4n) is 2.76. The molecule has 8 heteroatoms. The second-order valence-corrected chi connectivity index (χ2v) is 6.20. The van der Waals surface area contributed by atoms with E-state index in [-0.39, 0.29) is 12.2 Å². The first kappa shape index (κ1) is 20.2. The van der Waals surface area contributed by atoms with Crippen LogP contribution >= 0.6 is 0 Å². The third-order valence-electron chi connectivity index (χ3n) is 4.08. The van der Waals surface area contributed by atoms with Gasteiger partial charge in [0.15, 0.2) is 0 Å². The third kappa shape index (κ3) is 5.25. The van der Waals surface area contributed by atoms with Gasteiger partial charge in [0.1, 0.15) is 12.3 Å². The molecule has 0 aliphatic carbocycles. The molecule has 0 aliphatic heterocycles. The van der Waals surface area contributed by atoms with Crippen molar-refractivity contribution in [3.8, 4) is 0 Å². The van der Waals surface area contributed by atoms with Gasteiger partial charge in [0.25, 0.3) is 5.91 Å². The maximum atomic E-state index is 13.1. The Morgan fingerprint density at radius 3 is 2.28 bits per heavy atom. The molecule has 2 aromatic carbocycles. The number of halogens is 3. The van der Waals surface area contributed by atoms with Crippen molar-refractivity contribution in [3.05, 3.63) is 89.9 Å². The van der Waals surface area contributed by atoms with Crippen LogP contribution in [0.3, 0.4) is 0 Å². The molecule has 2 amide bonds. The smallest absolute Gasteiger partial charge is 0.418 e. The fraction of sp³-hybridized carbons (Fsp3) is 0.143. The first-order valence-corrected chi connectivity index (χ1v) is 8.67. The summed E-state index contributed by atoms with van der Waals surface area (Å²) in [6.07, 6.45) is -3.18. The number of hydrogen-bond acceptors (Lipinski definition) is 3. The lowest BCUT2D eigenvalue weighted by atomic mass is 10.1. The fourth-order valence-corrected chi connectivity index (χ4v) is 2.76. The molecule has 0 unspecified atom stereocenters. The van der Waals surface area contributed by atoms with E-state index in [9.17, 15) is 22.8 Å². The molecule has 0 radical (unpaired) electrons. The van der Waals surface area contributed by atoms with Crippen molar-refractivity contribution in [1.29, 1.82) is 0 Å². The van der Waals surface area contributed by atoms with E-state index < -0.39 is 30.1 Å². The molecule has 150 valence electrons. The third-order valence-corrected chi connectivity index (χ3v) is 4.08. The van der Waals surface area contributed by atoms with E-state index >= 15 is 0 Å². The number of anilines is 1. The van der Waals surface area contributed by atoms with Crippen molar-refractivity contribution >= 4 is 17.5 Å². The Hall–Kier alpha value is -3.55. The zero-order chi connectivity index (χ0) is 20.9. The van der Waals surface area contributed by atoms with Crippen LogP contribution in [0.25, 0.3) is 0 Å². The minimum atomic E-state index is -4.61. The molecule has 0 fully saturated rings. The summed E-state index contributed by atoms with van der Waals surface area (Å²) in [6.45, 7) is -0.449. The van der Waals surface area contributed by atoms with Crippen molar-refractivity contribution < 1.29 is 27.2 Å². The van der Waals surface area contributed by atoms with E-state index in [1.165, 1.54) is 23.3 Å². The van der Waals surface area contributed by atoms with Gasteiger partial charge >= 0.3 is 6.18 Å². The minimum Gasteiger partial charge on any atom is -0.467 e. The Balaban J connectivity index is 1.79. The number of hydrogen-bond donors (Lipinski definition) is 1. The highest BCUT2D eigenvalue weighted by atomic mass is 19.4. The van der Waals surface area contributed by atoms with Crippen molar-refractivity contribution in [2.45, 2.75) is 12.7 Å². The number of para-hydroxylation sites is 1. The molecule has 0 bridgehead atoms. The Bertz CT molecular complexity index is 970. The van der Waals surface area contributed by atoms with Crippen LogP contribution in [0.15, 0.2) is 77.4 Å². The highest BCUT2D eigenvalue weighted by molar-refractivity contribution is 5.99. The zero-order valence-corrected chi connectivity index (χ0v) is 15.1. The number of nitrogens with zero attached hydrogens (tertiary/aromatic N) is 1. The summed E-state index contributed by atoms with van der Waals surface area (Å²) in [7, 11) is 0. The normalized spacial score (nSPS) is 11.1. The number of carbonyl (C=O) groups is 2. The van der Waals surface area contributed by atoms with Gasteiger partial charge in [-0.15, -0.1) is 0 Å². The summed E-state index contributed by atoms with van der Waals surface area (Å²) in [5, 5.41) is 2.25. The second-order valence-electron chi connectivity index (χ2n) is 6.20. The maximum Gasteiger partial charge on any atom is 0.418 e. The van der Waals surface area contributed by atoms with Gasteiger partial charge in [0.05, 0.1) is 24.1 Å². The molecular weight excluding hydrogens is 385 g/mol. The summed E-state index contributed by atoms with van der Waals surface area (Å²) in [5.74, 6) is -0.753. The minimum absolute atomic E-state index is 0.00490. The molecule has 0 saturated heterocycles. The number of nitrogens with one attached hydrogen (secondary N) is 1. The van der Waals surface area contributed by atoms with Crippen LogP contribution in [-0.2, 0) is 17.5 Å². The molecule has 1 N–H and O–H groups in total. The quantitative estimate of drug-likeness (QED) is 0.657. The Labute approximate surface area is 164 Å². The Morgan fingerprint density at radius 2 is 1.62 bits per heavy atom. The maximum absolute atomic E-state index is 13.1. The van der Waals surface area contributed by atoms with Gasteiger partial charge in [-0.2, -0.15) is 13.2 Å². The number of amides is 2. The number of furan rings is 1. The molecule has 3 rings (SSSR count). The van der Waals surface area contributed by atoms with Crippen molar-refractivity contribution in [2.24, 2.45) is 0 Å². The van der Waals surface area contributed by atoms with Crippen LogP contribution in [0.2, 0.25) is 0 Å². The van der Waals surface area contributed by atoms with E-state index in [1.807, 2.05) is 0 Å². The van der Waals surface area contributed by atoms with Gasteiger partial charge in [-0.1, -0.05) is 30.3 Å². The van der Waals surface area contributed by atoms with E-state index in [2.05, 4.69) is 5.32 Å². The predicted octanol–water partition coefficient (Wildman–Crippen LogP) is 4.58. The van der Waals surface area contributed by atoms with Crippen LogP contribution in [0.5, 0.6) is 0 Å². The molecule has 29 heavy (non-hydrogen) atoms. The molecule has 0 aliphatic rings. The average Bonchev–Trinajstić information content (AvgIpc) is 3.20. The Kier molecular flexibility index (Phi) is 6.01. The number of benzene rings is 2. The molecule has 0 atom stereocenters. The van der Waals surface area contributed by atoms with E-state index in [1.54, 1.807) is 42.5 Å². The van der Waals surface area contributed by atoms with E-state index in [0.29, 0.717) is 11.3 Å². The van der Waals surface area contributed by atoms with Gasteiger partial charge in [-0.25, -0.2) is 0 Å². The van der Waals surface area contributed by atoms with Crippen LogP contribution in [0.1, 0.15) is 21.7 Å². The van der Waals surface area contributed by atoms with Crippen LogP contribution in [0.4, 0.5) is 18.9 Å². The first-order valence-electron chi connectivity index (χ1n) is 8.67. The summed E-state index contributed by atoms with van der Waals surface area (Å²) >= 11 is 0. The summed E-state index contributed by atoms with van der Waals surface area (Å²) in [5.41, 5.74) is -0.974. The van der Waals surface area contributed by atoms with Gasteiger partial charge in [0, 0.05) is 5.56 Å². The predicted molar refractivity (Wildman–Crippen MR) is 100.0 cm³/mol. The number of rotatable bonds is 6. The van der Waals surface area contributed by atoms with Gasteiger partial charge < -0.3 is 14.6 Å². The summed E-state index contributed by atoms with van der Waals surface area (Å²) < 4.78 is 44.6. The second kappa shape index (κ2) is 8.64. The largest absolute Gasteiger partial charge is 0.467 e. The SMILES string of the molecule is O=C(CN(Cc1ccco1)C(=O)c1ccccc1)Nc1ccccc1C(F)(F)F. The van der Waals surface area contributed by atoms with Crippen LogP contribution in [0, 0.1) is 0 Å². The van der Waals surface area contributed by atoms with E-state index in [4.69, 9.17) is 4.42 Å². The Morgan fingerprint density at radius 1 is 0.931 bits per heavy atom. The average molecular weight is 402 g/mol. The monoisotopic (exact) mass is 402 g/mol. The first-order chi connectivity index (χ1) is 13.8. The molecule has 0 spiro atoms.